The zero-order valence-corrected chi connectivity index (χ0v) is 17.0. The summed E-state index contributed by atoms with van der Waals surface area (Å²) in [6.07, 6.45) is 4.85. The minimum Gasteiger partial charge on any atom is -0.493 e. The third-order valence-electron chi connectivity index (χ3n) is 6.64. The topological polar surface area (TPSA) is 27.7 Å². The van der Waals surface area contributed by atoms with E-state index in [0.29, 0.717) is 28.6 Å². The summed E-state index contributed by atoms with van der Waals surface area (Å²) >= 11 is 6.80. The highest BCUT2D eigenvalue weighted by Gasteiger charge is 2.46. The first kappa shape index (κ1) is 17.8. The molecule has 0 heterocycles. The second kappa shape index (κ2) is 6.23. The van der Waals surface area contributed by atoms with Gasteiger partial charge in [-0.25, -0.2) is 0 Å². The Morgan fingerprint density at radius 1 is 1.08 bits per heavy atom. The highest BCUT2D eigenvalue weighted by Crippen LogP contribution is 2.59. The highest BCUT2D eigenvalue weighted by atomic mass is 35.5. The molecule has 2 aromatic rings. The molecule has 2 aromatic carbocycles. The maximum absolute atomic E-state index is 6.80. The average molecular weight is 375 g/mol. The Labute approximate surface area is 160 Å². The Hall–Kier alpha value is -1.61. The predicted molar refractivity (Wildman–Crippen MR) is 106 cm³/mol. The fraction of sp³-hybridized carbons (Fsp3) is 0.545. The van der Waals surface area contributed by atoms with Crippen LogP contribution in [0.4, 0.5) is 0 Å². The van der Waals surface area contributed by atoms with Gasteiger partial charge in [-0.05, 0) is 71.6 Å². The van der Waals surface area contributed by atoms with Crippen LogP contribution >= 0.6 is 11.6 Å². The molecule has 140 valence electrons. The summed E-state index contributed by atoms with van der Waals surface area (Å²) in [7, 11) is 4.95. The van der Waals surface area contributed by atoms with Gasteiger partial charge in [0, 0.05) is 5.39 Å². The Morgan fingerprint density at radius 3 is 2.46 bits per heavy atom. The number of ether oxygens (including phenoxy) is 3. The van der Waals surface area contributed by atoms with E-state index in [1.165, 1.54) is 30.4 Å². The molecular formula is C22H27ClO3. The number of hydrogen-bond donors (Lipinski definition) is 0. The Kier molecular flexibility index (Phi) is 4.26. The molecule has 0 N–H and O–H groups in total. The quantitative estimate of drug-likeness (QED) is 0.660. The molecule has 1 fully saturated rings. The predicted octanol–water partition coefficient (Wildman–Crippen LogP) is 5.99. The molecule has 0 bridgehead atoms. The maximum Gasteiger partial charge on any atom is 0.203 e. The van der Waals surface area contributed by atoms with E-state index in [0.717, 1.165) is 28.1 Å². The number of hydrogen-bond acceptors (Lipinski definition) is 3. The van der Waals surface area contributed by atoms with Gasteiger partial charge in [0.1, 0.15) is 0 Å². The Morgan fingerprint density at radius 2 is 1.81 bits per heavy atom. The molecule has 4 rings (SSSR count). The van der Waals surface area contributed by atoms with Crippen molar-refractivity contribution < 1.29 is 14.2 Å². The molecule has 0 aromatic heterocycles. The number of methoxy groups -OCH3 is 3. The van der Waals surface area contributed by atoms with E-state index in [1.54, 1.807) is 21.3 Å². The van der Waals surface area contributed by atoms with Crippen molar-refractivity contribution >= 4 is 22.4 Å². The van der Waals surface area contributed by atoms with Crippen molar-refractivity contribution in [3.8, 4) is 17.2 Å². The summed E-state index contributed by atoms with van der Waals surface area (Å²) in [5.41, 5.74) is 3.22. The van der Waals surface area contributed by atoms with Crippen LogP contribution in [0.25, 0.3) is 10.8 Å². The largest absolute Gasteiger partial charge is 0.493 e. The SMILES string of the molecule is COc1cc2c3c(cc(Cl)c2c(OC)c1OC)[C@H]1C[C@H](C)C[C@]1(C)CC3. The van der Waals surface area contributed by atoms with Crippen LogP contribution in [-0.2, 0) is 6.42 Å². The van der Waals surface area contributed by atoms with Crippen LogP contribution in [0, 0.1) is 11.3 Å². The lowest BCUT2D eigenvalue weighted by molar-refractivity contribution is 0.248. The van der Waals surface area contributed by atoms with Crippen LogP contribution in [0.2, 0.25) is 5.02 Å². The molecule has 2 aliphatic carbocycles. The molecule has 1 saturated carbocycles. The first-order valence-corrected chi connectivity index (χ1v) is 9.75. The maximum atomic E-state index is 6.80. The van der Waals surface area contributed by atoms with Gasteiger partial charge in [-0.15, -0.1) is 0 Å². The lowest BCUT2D eigenvalue weighted by Gasteiger charge is -2.38. The lowest BCUT2D eigenvalue weighted by atomic mass is 9.66. The molecule has 0 amide bonds. The minimum atomic E-state index is 0.393. The summed E-state index contributed by atoms with van der Waals surface area (Å²) in [6, 6.07) is 4.26. The van der Waals surface area contributed by atoms with Gasteiger partial charge < -0.3 is 14.2 Å². The van der Waals surface area contributed by atoms with Gasteiger partial charge in [-0.3, -0.25) is 0 Å². The summed E-state index contributed by atoms with van der Waals surface area (Å²) in [5.74, 6) is 3.30. The van der Waals surface area contributed by atoms with Gasteiger partial charge in [0.15, 0.2) is 11.5 Å². The number of rotatable bonds is 3. The summed E-state index contributed by atoms with van der Waals surface area (Å²) in [5, 5.41) is 2.81. The fourth-order valence-electron chi connectivity index (χ4n) is 5.57. The number of fused-ring (bicyclic) bond motifs is 5. The molecule has 0 unspecified atom stereocenters. The van der Waals surface area contributed by atoms with Gasteiger partial charge in [-0.1, -0.05) is 25.4 Å². The minimum absolute atomic E-state index is 0.393. The van der Waals surface area contributed by atoms with Gasteiger partial charge in [-0.2, -0.15) is 0 Å². The van der Waals surface area contributed by atoms with E-state index in [2.05, 4.69) is 26.0 Å². The van der Waals surface area contributed by atoms with Crippen LogP contribution in [-0.4, -0.2) is 21.3 Å². The molecular weight excluding hydrogens is 348 g/mol. The molecule has 2 aliphatic rings. The molecule has 26 heavy (non-hydrogen) atoms. The average Bonchev–Trinajstić information content (AvgIpc) is 2.94. The van der Waals surface area contributed by atoms with Gasteiger partial charge in [0.2, 0.25) is 5.75 Å². The summed E-state index contributed by atoms with van der Waals surface area (Å²) < 4.78 is 16.8. The van der Waals surface area contributed by atoms with Crippen LogP contribution in [0.5, 0.6) is 17.2 Å². The molecule has 0 aliphatic heterocycles. The Bertz CT molecular complexity index is 876. The normalized spacial score (nSPS) is 27.2. The molecule has 0 saturated heterocycles. The molecule has 3 nitrogen and oxygen atoms in total. The highest BCUT2D eigenvalue weighted by molar-refractivity contribution is 6.36. The van der Waals surface area contributed by atoms with E-state index < -0.39 is 0 Å². The van der Waals surface area contributed by atoms with Gasteiger partial charge in [0.25, 0.3) is 0 Å². The number of aryl methyl sites for hydroxylation is 1. The zero-order valence-electron chi connectivity index (χ0n) is 16.2. The molecule has 3 atom stereocenters. The van der Waals surface area contributed by atoms with E-state index in [9.17, 15) is 0 Å². The van der Waals surface area contributed by atoms with Crippen molar-refractivity contribution in [3.63, 3.8) is 0 Å². The number of benzene rings is 2. The van der Waals surface area contributed by atoms with Gasteiger partial charge >= 0.3 is 0 Å². The second-order valence-corrected chi connectivity index (χ2v) is 8.65. The standard InChI is InChI=1S/C22H27ClO3/c1-12-8-16-14-9-17(23)19-15(13(14)6-7-22(16,2)11-12)10-18(24-3)20(25-4)21(19)26-5/h9-10,12,16H,6-8,11H2,1-5H3/t12-,16+,22-/m0/s1. The second-order valence-electron chi connectivity index (χ2n) is 8.25. The molecule has 4 heteroatoms. The van der Waals surface area contributed by atoms with Crippen molar-refractivity contribution in [1.29, 1.82) is 0 Å². The molecule has 0 radical (unpaired) electrons. The third kappa shape index (κ3) is 2.40. The smallest absolute Gasteiger partial charge is 0.203 e. The molecule has 0 spiro atoms. The van der Waals surface area contributed by atoms with Gasteiger partial charge in [0.05, 0.1) is 26.4 Å². The summed E-state index contributed by atoms with van der Waals surface area (Å²) in [4.78, 5) is 0. The zero-order chi connectivity index (χ0) is 18.6. The van der Waals surface area contributed by atoms with E-state index in [-0.39, 0.29) is 0 Å². The monoisotopic (exact) mass is 374 g/mol. The van der Waals surface area contributed by atoms with Crippen LogP contribution in [0.3, 0.4) is 0 Å². The van der Waals surface area contributed by atoms with Crippen molar-refractivity contribution in [3.05, 3.63) is 28.3 Å². The lowest BCUT2D eigenvalue weighted by Crippen LogP contribution is -2.26. The van der Waals surface area contributed by atoms with Crippen molar-refractivity contribution in [2.45, 2.75) is 45.4 Å². The van der Waals surface area contributed by atoms with E-state index in [4.69, 9.17) is 25.8 Å². The first-order valence-electron chi connectivity index (χ1n) is 9.37. The van der Waals surface area contributed by atoms with Crippen molar-refractivity contribution in [2.75, 3.05) is 21.3 Å². The van der Waals surface area contributed by atoms with Crippen LogP contribution in [0.15, 0.2) is 12.1 Å². The fourth-order valence-corrected chi connectivity index (χ4v) is 5.88. The first-order chi connectivity index (χ1) is 12.4. The summed E-state index contributed by atoms with van der Waals surface area (Å²) in [6.45, 7) is 4.83. The van der Waals surface area contributed by atoms with Crippen LogP contribution in [0.1, 0.15) is 50.2 Å². The third-order valence-corrected chi connectivity index (χ3v) is 6.94. The van der Waals surface area contributed by atoms with Crippen LogP contribution < -0.4 is 14.2 Å². The van der Waals surface area contributed by atoms with E-state index in [1.807, 2.05) is 0 Å². The number of halogens is 1. The van der Waals surface area contributed by atoms with E-state index >= 15 is 0 Å². The van der Waals surface area contributed by atoms with Crippen molar-refractivity contribution in [2.24, 2.45) is 11.3 Å². The van der Waals surface area contributed by atoms with Crippen molar-refractivity contribution in [1.82, 2.24) is 0 Å². The Balaban J connectivity index is 2.03.